The number of aromatic amines is 1. The molecular weight excluding hydrogens is 246 g/mol. The molecule has 2 rings (SSSR count). The molecule has 19 heavy (non-hydrogen) atoms. The quantitative estimate of drug-likeness (QED) is 0.699. The van der Waals surface area contributed by atoms with Crippen molar-refractivity contribution in [3.05, 3.63) is 18.5 Å². The number of nitrogens with one attached hydrogen (secondary N) is 2. The van der Waals surface area contributed by atoms with Crippen molar-refractivity contribution < 1.29 is 4.74 Å². The third-order valence-corrected chi connectivity index (χ3v) is 2.31. The van der Waals surface area contributed by atoms with E-state index in [4.69, 9.17) is 10.5 Å². The highest BCUT2D eigenvalue weighted by Crippen LogP contribution is 2.25. The van der Waals surface area contributed by atoms with E-state index in [-0.39, 0.29) is 6.10 Å². The van der Waals surface area contributed by atoms with Crippen molar-refractivity contribution in [2.45, 2.75) is 26.4 Å². The third kappa shape index (κ3) is 3.54. The lowest BCUT2D eigenvalue weighted by Crippen LogP contribution is -2.13. The molecule has 0 aliphatic heterocycles. The Balaban J connectivity index is 1.96. The number of nitrogens with two attached hydrogens (primary N) is 1. The van der Waals surface area contributed by atoms with E-state index in [0.717, 1.165) is 5.82 Å². The number of ether oxygens (including phenoxy) is 1. The minimum absolute atomic E-state index is 0.0132. The molecule has 4 N–H and O–H groups in total. The van der Waals surface area contributed by atoms with E-state index in [9.17, 15) is 0 Å². The van der Waals surface area contributed by atoms with E-state index < -0.39 is 0 Å². The van der Waals surface area contributed by atoms with Crippen LogP contribution in [0.15, 0.2) is 12.7 Å². The molecule has 0 amide bonds. The van der Waals surface area contributed by atoms with Crippen LogP contribution in [0.3, 0.4) is 0 Å². The van der Waals surface area contributed by atoms with Crippen molar-refractivity contribution in [1.29, 1.82) is 0 Å². The Hall–Kier alpha value is -2.38. The summed E-state index contributed by atoms with van der Waals surface area (Å²) in [5, 5.41) is 9.68. The van der Waals surface area contributed by atoms with Crippen LogP contribution in [0.1, 0.15) is 19.7 Å². The number of H-pyrrole nitrogens is 1. The molecule has 2 heterocycles. The molecule has 0 aliphatic rings. The fraction of sp³-hybridized carbons (Fsp3) is 0.455. The topological polar surface area (TPSA) is 115 Å². The van der Waals surface area contributed by atoms with Gasteiger partial charge in [-0.25, -0.2) is 9.97 Å². The zero-order valence-electron chi connectivity index (χ0n) is 10.9. The predicted molar refractivity (Wildman–Crippen MR) is 70.8 cm³/mol. The summed E-state index contributed by atoms with van der Waals surface area (Å²) < 4.78 is 5.49. The summed E-state index contributed by atoms with van der Waals surface area (Å²) in [5.74, 6) is 1.76. The van der Waals surface area contributed by atoms with Crippen LogP contribution >= 0.6 is 0 Å². The first-order valence-corrected chi connectivity index (χ1v) is 6.02. The van der Waals surface area contributed by atoms with Crippen LogP contribution in [0.5, 0.6) is 5.88 Å². The fourth-order valence-electron chi connectivity index (χ4n) is 1.49. The van der Waals surface area contributed by atoms with E-state index >= 15 is 0 Å². The molecule has 0 bridgehead atoms. The molecule has 0 radical (unpaired) electrons. The number of anilines is 2. The molecular formula is C11H17N7O. The minimum atomic E-state index is 0.0132. The van der Waals surface area contributed by atoms with E-state index in [0.29, 0.717) is 30.4 Å². The van der Waals surface area contributed by atoms with Gasteiger partial charge in [-0.05, 0) is 13.8 Å². The van der Waals surface area contributed by atoms with E-state index in [1.54, 1.807) is 0 Å². The average molecular weight is 263 g/mol. The number of nitrogen functional groups attached to an aromatic ring is 1. The lowest BCUT2D eigenvalue weighted by Gasteiger charge is -2.13. The number of rotatable bonds is 6. The van der Waals surface area contributed by atoms with Gasteiger partial charge < -0.3 is 15.8 Å². The highest BCUT2D eigenvalue weighted by atomic mass is 16.5. The zero-order valence-corrected chi connectivity index (χ0v) is 10.9. The largest absolute Gasteiger partial charge is 0.473 e. The molecule has 2 aromatic rings. The van der Waals surface area contributed by atoms with Crippen LogP contribution in [0.25, 0.3) is 0 Å². The summed E-state index contributed by atoms with van der Waals surface area (Å²) in [6.07, 6.45) is 3.61. The molecule has 0 atom stereocenters. The molecule has 0 fully saturated rings. The maximum atomic E-state index is 5.94. The van der Waals surface area contributed by atoms with Crippen LogP contribution in [0.4, 0.5) is 11.5 Å². The normalized spacial score (nSPS) is 10.7. The summed E-state index contributed by atoms with van der Waals surface area (Å²) in [4.78, 5) is 12.1. The van der Waals surface area contributed by atoms with Crippen molar-refractivity contribution >= 4 is 11.5 Å². The highest BCUT2D eigenvalue weighted by Gasteiger charge is 2.10. The zero-order chi connectivity index (χ0) is 13.7. The van der Waals surface area contributed by atoms with Crippen molar-refractivity contribution in [1.82, 2.24) is 25.1 Å². The van der Waals surface area contributed by atoms with Crippen LogP contribution in [-0.2, 0) is 6.42 Å². The van der Waals surface area contributed by atoms with Crippen LogP contribution in [-0.4, -0.2) is 37.8 Å². The summed E-state index contributed by atoms with van der Waals surface area (Å²) in [6.45, 7) is 4.47. The highest BCUT2D eigenvalue weighted by molar-refractivity contribution is 5.66. The molecule has 8 nitrogen and oxygen atoms in total. The first-order valence-electron chi connectivity index (χ1n) is 6.02. The van der Waals surface area contributed by atoms with Gasteiger partial charge in [-0.15, -0.1) is 0 Å². The minimum Gasteiger partial charge on any atom is -0.473 e. The van der Waals surface area contributed by atoms with Gasteiger partial charge in [0.2, 0.25) is 5.88 Å². The molecule has 2 aromatic heterocycles. The van der Waals surface area contributed by atoms with Crippen LogP contribution in [0, 0.1) is 0 Å². The standard InChI is InChI=1S/C11H17N7O/c1-7(2)19-11-9(12)10(15-5-16-11)13-4-3-8-14-6-17-18-8/h5-7H,3-4,12H2,1-2H3,(H,13,15,16)(H,14,17,18). The van der Waals surface area contributed by atoms with Crippen molar-refractivity contribution in [3.63, 3.8) is 0 Å². The molecule has 0 saturated heterocycles. The predicted octanol–water partition coefficient (Wildman–Crippen LogP) is 0.619. The smallest absolute Gasteiger partial charge is 0.242 e. The number of hydrogen-bond donors (Lipinski definition) is 3. The second kappa shape index (κ2) is 5.98. The SMILES string of the molecule is CC(C)Oc1ncnc(NCCc2ncn[nH]2)c1N. The van der Waals surface area contributed by atoms with Gasteiger partial charge in [-0.3, -0.25) is 5.10 Å². The van der Waals surface area contributed by atoms with Gasteiger partial charge in [-0.1, -0.05) is 0 Å². The lowest BCUT2D eigenvalue weighted by atomic mass is 10.4. The summed E-state index contributed by atoms with van der Waals surface area (Å²) >= 11 is 0. The maximum Gasteiger partial charge on any atom is 0.242 e. The second-order valence-corrected chi connectivity index (χ2v) is 4.22. The van der Waals surface area contributed by atoms with Gasteiger partial charge in [0.15, 0.2) is 5.82 Å². The first kappa shape index (κ1) is 13.1. The van der Waals surface area contributed by atoms with Gasteiger partial charge in [0.05, 0.1) is 6.10 Å². The number of hydrogen-bond acceptors (Lipinski definition) is 7. The second-order valence-electron chi connectivity index (χ2n) is 4.22. The number of nitrogens with zero attached hydrogens (tertiary/aromatic N) is 4. The Kier molecular flexibility index (Phi) is 4.11. The molecule has 8 heteroatoms. The van der Waals surface area contributed by atoms with E-state index in [1.165, 1.54) is 12.7 Å². The lowest BCUT2D eigenvalue weighted by molar-refractivity contribution is 0.234. The summed E-state index contributed by atoms with van der Waals surface area (Å²) in [7, 11) is 0. The van der Waals surface area contributed by atoms with E-state index in [1.807, 2.05) is 13.8 Å². The summed E-state index contributed by atoms with van der Waals surface area (Å²) in [5.41, 5.74) is 6.35. The Morgan fingerprint density at radius 3 is 2.84 bits per heavy atom. The molecule has 0 unspecified atom stereocenters. The maximum absolute atomic E-state index is 5.94. The number of aromatic nitrogens is 5. The van der Waals surface area contributed by atoms with Crippen molar-refractivity contribution in [2.24, 2.45) is 0 Å². The fourth-order valence-corrected chi connectivity index (χ4v) is 1.49. The van der Waals surface area contributed by atoms with Gasteiger partial charge in [0.25, 0.3) is 0 Å². The molecule has 0 saturated carbocycles. The Morgan fingerprint density at radius 2 is 2.16 bits per heavy atom. The Bertz CT molecular complexity index is 512. The first-order chi connectivity index (χ1) is 9.16. The monoisotopic (exact) mass is 263 g/mol. The van der Waals surface area contributed by atoms with Gasteiger partial charge in [0.1, 0.15) is 24.2 Å². The van der Waals surface area contributed by atoms with Gasteiger partial charge in [-0.2, -0.15) is 10.1 Å². The third-order valence-electron chi connectivity index (χ3n) is 2.31. The molecule has 102 valence electrons. The Morgan fingerprint density at radius 1 is 1.32 bits per heavy atom. The van der Waals surface area contributed by atoms with E-state index in [2.05, 4.69) is 30.5 Å². The van der Waals surface area contributed by atoms with Gasteiger partial charge >= 0.3 is 0 Å². The van der Waals surface area contributed by atoms with Crippen LogP contribution < -0.4 is 15.8 Å². The average Bonchev–Trinajstić information content (AvgIpc) is 2.86. The van der Waals surface area contributed by atoms with Crippen LogP contribution in [0.2, 0.25) is 0 Å². The van der Waals surface area contributed by atoms with Gasteiger partial charge in [0, 0.05) is 13.0 Å². The Labute approximate surface area is 110 Å². The summed E-state index contributed by atoms with van der Waals surface area (Å²) in [6, 6.07) is 0. The molecule has 0 aromatic carbocycles. The molecule has 0 aliphatic carbocycles. The van der Waals surface area contributed by atoms with Crippen molar-refractivity contribution in [2.75, 3.05) is 17.6 Å². The molecule has 0 spiro atoms. The van der Waals surface area contributed by atoms with Crippen molar-refractivity contribution in [3.8, 4) is 5.88 Å².